The first kappa shape index (κ1) is 37.9. The Bertz CT molecular complexity index is 3920. The van der Waals surface area contributed by atoms with Crippen LogP contribution in [0.25, 0.3) is 71.7 Å². The summed E-state index contributed by atoms with van der Waals surface area (Å²) in [5.41, 5.74) is 20.3. The van der Waals surface area contributed by atoms with Crippen molar-refractivity contribution >= 4 is 60.8 Å². The van der Waals surface area contributed by atoms with E-state index in [1.165, 1.54) is 66.4 Å². The maximum Gasteiger partial charge on any atom is 0.137 e. The van der Waals surface area contributed by atoms with Gasteiger partial charge in [0.15, 0.2) is 0 Å². The molecule has 0 radical (unpaired) electrons. The first-order chi connectivity index (χ1) is 33.0. The van der Waals surface area contributed by atoms with Gasteiger partial charge in [-0.15, -0.1) is 0 Å². The number of anilines is 3. The number of fused-ring (bicyclic) bond motifs is 12. The van der Waals surface area contributed by atoms with Crippen LogP contribution in [-0.4, -0.2) is 4.57 Å². The maximum absolute atomic E-state index is 6.72. The van der Waals surface area contributed by atoms with Crippen LogP contribution in [0.2, 0.25) is 0 Å². The van der Waals surface area contributed by atoms with Crippen molar-refractivity contribution in [3.8, 4) is 27.9 Å². The highest BCUT2D eigenvalue weighted by Crippen LogP contribution is 2.59. The topological polar surface area (TPSA) is 21.3 Å². The molecule has 2 heterocycles. The number of nitrogens with zero attached hydrogens (tertiary/aromatic N) is 2. The van der Waals surface area contributed by atoms with Gasteiger partial charge in [0.05, 0.1) is 33.2 Å². The minimum Gasteiger partial charge on any atom is -0.456 e. The van der Waals surface area contributed by atoms with Gasteiger partial charge in [-0.1, -0.05) is 184 Å². The summed E-state index contributed by atoms with van der Waals surface area (Å²) < 4.78 is 9.20. The van der Waals surface area contributed by atoms with E-state index < -0.39 is 5.41 Å². The fraction of sp³-hybridized carbons (Fsp3) is 0.0625. The number of benzene rings is 10. The standard InChI is InChI=1S/C64H44N2O/c1-63(2)52-29-14-9-26-47(52)50-40-44(36-37-53(50)63)65(57-33-19-35-60-61(57)49-28-13-18-34-59(49)67-60)58-39-42(38-51-48-27-12-17-32-56(48)66(62(51)58)43-22-7-4-8-23-43)64(41-20-5-3-6-21-41)54-30-15-10-24-45(54)46-25-11-16-31-55(46)64/h3-40H,1-2H3. The molecule has 0 saturated heterocycles. The van der Waals surface area contributed by atoms with Crippen LogP contribution in [0.4, 0.5) is 17.1 Å². The van der Waals surface area contributed by atoms with E-state index in [9.17, 15) is 0 Å². The molecule has 0 N–H and O–H groups in total. The molecule has 12 aromatic rings. The lowest BCUT2D eigenvalue weighted by Gasteiger charge is -2.36. The minimum absolute atomic E-state index is 0.145. The van der Waals surface area contributed by atoms with Crippen LogP contribution in [0, 0.1) is 0 Å². The second-order valence-corrected chi connectivity index (χ2v) is 18.8. The highest BCUT2D eigenvalue weighted by atomic mass is 16.3. The Balaban J connectivity index is 1.19. The molecule has 10 aromatic carbocycles. The van der Waals surface area contributed by atoms with Crippen LogP contribution < -0.4 is 4.90 Å². The fourth-order valence-corrected chi connectivity index (χ4v) is 12.2. The molecular weight excluding hydrogens is 813 g/mol. The van der Waals surface area contributed by atoms with Gasteiger partial charge in [0.2, 0.25) is 0 Å². The van der Waals surface area contributed by atoms with Gasteiger partial charge >= 0.3 is 0 Å². The third-order valence-electron chi connectivity index (χ3n) is 15.0. The number of hydrogen-bond acceptors (Lipinski definition) is 2. The lowest BCUT2D eigenvalue weighted by Crippen LogP contribution is -2.29. The quantitative estimate of drug-likeness (QED) is 0.166. The number of hydrogen-bond donors (Lipinski definition) is 0. The average molecular weight is 857 g/mol. The summed E-state index contributed by atoms with van der Waals surface area (Å²) in [7, 11) is 0. The van der Waals surface area contributed by atoms with Gasteiger partial charge in [0.25, 0.3) is 0 Å². The van der Waals surface area contributed by atoms with Gasteiger partial charge < -0.3 is 13.9 Å². The molecule has 67 heavy (non-hydrogen) atoms. The van der Waals surface area contributed by atoms with Crippen LogP contribution >= 0.6 is 0 Å². The summed E-state index contributed by atoms with van der Waals surface area (Å²) in [6, 6.07) is 85.3. The highest BCUT2D eigenvalue weighted by Gasteiger charge is 2.47. The van der Waals surface area contributed by atoms with Crippen molar-refractivity contribution in [2.45, 2.75) is 24.7 Å². The van der Waals surface area contributed by atoms with E-state index in [4.69, 9.17) is 4.42 Å². The van der Waals surface area contributed by atoms with Crippen LogP contribution in [0.1, 0.15) is 47.2 Å². The molecule has 316 valence electrons. The van der Waals surface area contributed by atoms with E-state index in [1.54, 1.807) is 0 Å². The Morgan fingerprint density at radius 1 is 0.403 bits per heavy atom. The summed E-state index contributed by atoms with van der Waals surface area (Å²) in [6.45, 7) is 4.72. The van der Waals surface area contributed by atoms with Gasteiger partial charge in [-0.3, -0.25) is 0 Å². The molecule has 2 aliphatic rings. The Morgan fingerprint density at radius 3 is 1.73 bits per heavy atom. The van der Waals surface area contributed by atoms with Crippen molar-refractivity contribution in [3.05, 3.63) is 264 Å². The number of rotatable bonds is 6. The fourth-order valence-electron chi connectivity index (χ4n) is 12.2. The summed E-state index contributed by atoms with van der Waals surface area (Å²) in [4.78, 5) is 2.55. The van der Waals surface area contributed by atoms with E-state index in [-0.39, 0.29) is 5.41 Å². The van der Waals surface area contributed by atoms with E-state index in [0.717, 1.165) is 55.7 Å². The Hall–Kier alpha value is -8.40. The summed E-state index contributed by atoms with van der Waals surface area (Å²) in [6.07, 6.45) is 0. The van der Waals surface area contributed by atoms with Gasteiger partial charge in [-0.2, -0.15) is 0 Å². The second-order valence-electron chi connectivity index (χ2n) is 18.8. The predicted molar refractivity (Wildman–Crippen MR) is 278 cm³/mol. The average Bonchev–Trinajstić information content (AvgIpc) is 4.09. The second kappa shape index (κ2) is 14.1. The Kier molecular flexibility index (Phi) is 7.95. The molecule has 0 bridgehead atoms. The van der Waals surface area contributed by atoms with Crippen LogP contribution in [0.15, 0.2) is 235 Å². The van der Waals surface area contributed by atoms with Crippen LogP contribution in [-0.2, 0) is 10.8 Å². The zero-order valence-electron chi connectivity index (χ0n) is 37.2. The molecule has 0 aliphatic heterocycles. The normalized spacial score (nSPS) is 14.1. The third kappa shape index (κ3) is 5.17. The third-order valence-corrected chi connectivity index (χ3v) is 15.0. The molecule has 0 amide bonds. The SMILES string of the molecule is CC1(C)c2ccccc2-c2cc(N(c3cccc4oc5ccccc5c34)c3cc(C4(c5ccccc5)c5ccccc5-c5ccccc54)cc4c5ccccc5n(-c5ccccc5)c34)ccc21. The number of para-hydroxylation sites is 3. The molecule has 3 nitrogen and oxygen atoms in total. The molecule has 0 atom stereocenters. The monoisotopic (exact) mass is 856 g/mol. The van der Waals surface area contributed by atoms with Gasteiger partial charge in [-0.25, -0.2) is 0 Å². The van der Waals surface area contributed by atoms with Gasteiger partial charge in [0, 0.05) is 32.9 Å². The van der Waals surface area contributed by atoms with Gasteiger partial charge in [-0.05, 0) is 116 Å². The first-order valence-corrected chi connectivity index (χ1v) is 23.3. The van der Waals surface area contributed by atoms with Crippen molar-refractivity contribution in [1.29, 1.82) is 0 Å². The van der Waals surface area contributed by atoms with Crippen molar-refractivity contribution in [2.75, 3.05) is 4.90 Å². The molecule has 2 aliphatic carbocycles. The van der Waals surface area contributed by atoms with E-state index in [0.29, 0.717) is 0 Å². The minimum atomic E-state index is -0.645. The molecule has 2 aromatic heterocycles. The summed E-state index contributed by atoms with van der Waals surface area (Å²) >= 11 is 0. The van der Waals surface area contributed by atoms with Crippen LogP contribution in [0.3, 0.4) is 0 Å². The van der Waals surface area contributed by atoms with Gasteiger partial charge in [0.1, 0.15) is 11.2 Å². The zero-order chi connectivity index (χ0) is 44.4. The molecule has 0 spiro atoms. The molecule has 3 heteroatoms. The molecular formula is C64H44N2O. The lowest BCUT2D eigenvalue weighted by atomic mass is 9.67. The number of aromatic nitrogens is 1. The number of furan rings is 1. The van der Waals surface area contributed by atoms with Crippen molar-refractivity contribution in [2.24, 2.45) is 0 Å². The summed E-state index contributed by atoms with van der Waals surface area (Å²) in [5.74, 6) is 0. The first-order valence-electron chi connectivity index (χ1n) is 23.3. The molecule has 0 unspecified atom stereocenters. The van der Waals surface area contributed by atoms with E-state index >= 15 is 0 Å². The largest absolute Gasteiger partial charge is 0.456 e. The highest BCUT2D eigenvalue weighted by molar-refractivity contribution is 6.18. The molecule has 14 rings (SSSR count). The Morgan fingerprint density at radius 2 is 0.985 bits per heavy atom. The van der Waals surface area contributed by atoms with Crippen molar-refractivity contribution in [1.82, 2.24) is 4.57 Å². The molecule has 0 saturated carbocycles. The maximum atomic E-state index is 6.72. The molecule has 0 fully saturated rings. The van der Waals surface area contributed by atoms with E-state index in [1.807, 2.05) is 0 Å². The van der Waals surface area contributed by atoms with Crippen molar-refractivity contribution in [3.63, 3.8) is 0 Å². The predicted octanol–water partition coefficient (Wildman–Crippen LogP) is 16.8. The summed E-state index contributed by atoms with van der Waals surface area (Å²) in [5, 5.41) is 4.55. The van der Waals surface area contributed by atoms with E-state index in [2.05, 4.69) is 254 Å². The lowest BCUT2D eigenvalue weighted by molar-refractivity contribution is 0.660. The zero-order valence-corrected chi connectivity index (χ0v) is 37.2. The Labute approximate surface area is 389 Å². The smallest absolute Gasteiger partial charge is 0.137 e. The van der Waals surface area contributed by atoms with Crippen LogP contribution in [0.5, 0.6) is 0 Å². The van der Waals surface area contributed by atoms with Crippen molar-refractivity contribution < 1.29 is 4.42 Å².